The lowest BCUT2D eigenvalue weighted by Crippen LogP contribution is -2.30. The maximum atomic E-state index is 13.1. The van der Waals surface area contributed by atoms with Gasteiger partial charge in [-0.2, -0.15) is 0 Å². The smallest absolute Gasteiger partial charge is 0.462 e. The Bertz CT molecular complexity index is 2190. The quantitative estimate of drug-likeness (QED) is 0.0169. The van der Waals surface area contributed by atoms with Crippen molar-refractivity contribution in [3.8, 4) is 0 Å². The van der Waals surface area contributed by atoms with E-state index in [0.29, 0.717) is 25.7 Å². The monoisotopic (exact) mass is 1420 g/mol. The van der Waals surface area contributed by atoms with Crippen LogP contribution in [-0.2, 0) is 65.4 Å². The maximum absolute atomic E-state index is 13.1. The highest BCUT2D eigenvalue weighted by Gasteiger charge is 2.30. The average Bonchev–Trinajstić information content (AvgIpc) is 1.94. The SMILES string of the molecule is CC/C=C\C/C=C\C/C=C\CCCCCCCC(=O)OCC(COP(=O)(O)OCC(O)COP(=O)(O)OCC(COC(=O)CCCCCCCC/C=C\C/C=C\C/C=C\CCCCC)OC(=O)CCCCCCC/C=C\CCCCCC)OC(=O)CCCCCCCCCCCCC. The van der Waals surface area contributed by atoms with Gasteiger partial charge in [-0.3, -0.25) is 37.3 Å². The third kappa shape index (κ3) is 70.7. The molecule has 3 N–H and O–H groups in total. The summed E-state index contributed by atoms with van der Waals surface area (Å²) in [5.41, 5.74) is 0. The van der Waals surface area contributed by atoms with Crippen LogP contribution in [0.1, 0.15) is 336 Å². The Morgan fingerprint density at radius 3 is 0.857 bits per heavy atom. The first-order valence-corrected chi connectivity index (χ1v) is 41.8. The molecular formula is C79H140O17P2. The van der Waals surface area contributed by atoms with Crippen molar-refractivity contribution in [2.45, 2.75) is 354 Å². The van der Waals surface area contributed by atoms with Crippen LogP contribution in [0.25, 0.3) is 0 Å². The molecule has 0 amide bonds. The Labute approximate surface area is 595 Å². The molecular weight excluding hydrogens is 1280 g/mol. The number of carbonyl (C=O) groups excluding carboxylic acids is 4. The van der Waals surface area contributed by atoms with Gasteiger partial charge >= 0.3 is 39.5 Å². The number of hydrogen-bond donors (Lipinski definition) is 3. The van der Waals surface area contributed by atoms with Crippen molar-refractivity contribution >= 4 is 39.5 Å². The molecule has 0 radical (unpaired) electrons. The Morgan fingerprint density at radius 1 is 0.296 bits per heavy atom. The van der Waals surface area contributed by atoms with Crippen molar-refractivity contribution in [3.05, 3.63) is 85.1 Å². The van der Waals surface area contributed by atoms with Gasteiger partial charge in [0, 0.05) is 25.7 Å². The highest BCUT2D eigenvalue weighted by atomic mass is 31.2. The van der Waals surface area contributed by atoms with Crippen molar-refractivity contribution in [2.75, 3.05) is 39.6 Å². The number of allylic oxidation sites excluding steroid dienone is 14. The summed E-state index contributed by atoms with van der Waals surface area (Å²) in [6.45, 7) is 4.70. The van der Waals surface area contributed by atoms with Gasteiger partial charge in [0.1, 0.15) is 19.3 Å². The molecule has 0 aromatic rings. The molecule has 98 heavy (non-hydrogen) atoms. The molecule has 0 rings (SSSR count). The van der Waals surface area contributed by atoms with Gasteiger partial charge in [0.05, 0.1) is 26.4 Å². The van der Waals surface area contributed by atoms with Crippen LogP contribution in [0.4, 0.5) is 0 Å². The number of carbonyl (C=O) groups is 4. The number of rotatable bonds is 73. The predicted octanol–water partition coefficient (Wildman–Crippen LogP) is 22.2. The minimum atomic E-state index is -4.98. The van der Waals surface area contributed by atoms with E-state index >= 15 is 0 Å². The summed E-state index contributed by atoms with van der Waals surface area (Å²) < 4.78 is 68.4. The summed E-state index contributed by atoms with van der Waals surface area (Å²) in [4.78, 5) is 72.8. The van der Waals surface area contributed by atoms with Crippen LogP contribution in [-0.4, -0.2) is 96.7 Å². The lowest BCUT2D eigenvalue weighted by atomic mass is 10.1. The highest BCUT2D eigenvalue weighted by Crippen LogP contribution is 2.45. The van der Waals surface area contributed by atoms with E-state index < -0.39 is 97.5 Å². The van der Waals surface area contributed by atoms with Gasteiger partial charge in [0.25, 0.3) is 0 Å². The Kier molecular flexibility index (Phi) is 68.9. The fourth-order valence-electron chi connectivity index (χ4n) is 10.4. The summed E-state index contributed by atoms with van der Waals surface area (Å²) in [5, 5.41) is 10.6. The largest absolute Gasteiger partial charge is 0.472 e. The number of phosphoric ester groups is 2. The molecule has 17 nitrogen and oxygen atoms in total. The van der Waals surface area contributed by atoms with E-state index in [2.05, 4.69) is 113 Å². The molecule has 19 heteroatoms. The van der Waals surface area contributed by atoms with Crippen LogP contribution in [0.3, 0.4) is 0 Å². The molecule has 0 aromatic heterocycles. The minimum absolute atomic E-state index is 0.0834. The molecule has 0 bridgehead atoms. The van der Waals surface area contributed by atoms with Gasteiger partial charge in [0.15, 0.2) is 12.2 Å². The molecule has 0 saturated carbocycles. The molecule has 0 heterocycles. The molecule has 0 aromatic carbocycles. The molecule has 0 fully saturated rings. The third-order valence-corrected chi connectivity index (χ3v) is 18.2. The molecule has 5 atom stereocenters. The summed E-state index contributed by atoms with van der Waals surface area (Å²) >= 11 is 0. The van der Waals surface area contributed by atoms with E-state index in [1.54, 1.807) is 0 Å². The molecule has 0 aliphatic carbocycles. The second-order valence-corrected chi connectivity index (χ2v) is 28.8. The first-order valence-electron chi connectivity index (χ1n) is 38.8. The fourth-order valence-corrected chi connectivity index (χ4v) is 12.0. The number of esters is 4. The lowest BCUT2D eigenvalue weighted by molar-refractivity contribution is -0.161. The summed E-state index contributed by atoms with van der Waals surface area (Å²) in [7, 11) is -9.95. The molecule has 0 spiro atoms. The Morgan fingerprint density at radius 2 is 0.531 bits per heavy atom. The van der Waals surface area contributed by atoms with Gasteiger partial charge in [-0.15, -0.1) is 0 Å². The summed E-state index contributed by atoms with van der Waals surface area (Å²) in [6, 6.07) is 0. The van der Waals surface area contributed by atoms with E-state index in [-0.39, 0.29) is 25.7 Å². The van der Waals surface area contributed by atoms with Gasteiger partial charge in [0.2, 0.25) is 0 Å². The van der Waals surface area contributed by atoms with E-state index in [9.17, 15) is 43.2 Å². The molecule has 0 aliphatic rings. The molecule has 0 saturated heterocycles. The molecule has 568 valence electrons. The zero-order valence-electron chi connectivity index (χ0n) is 62.0. The summed E-state index contributed by atoms with van der Waals surface area (Å²) in [5.74, 6) is -2.20. The Balaban J connectivity index is 5.31. The van der Waals surface area contributed by atoms with Crippen molar-refractivity contribution in [3.63, 3.8) is 0 Å². The van der Waals surface area contributed by atoms with Crippen LogP contribution in [0, 0.1) is 0 Å². The average molecular weight is 1420 g/mol. The zero-order chi connectivity index (χ0) is 71.8. The minimum Gasteiger partial charge on any atom is -0.462 e. The molecule has 5 unspecified atom stereocenters. The fraction of sp³-hybridized carbons (Fsp3) is 0.772. The maximum Gasteiger partial charge on any atom is 0.472 e. The van der Waals surface area contributed by atoms with Gasteiger partial charge in [-0.1, -0.05) is 273 Å². The predicted molar refractivity (Wildman–Crippen MR) is 399 cm³/mol. The first-order chi connectivity index (χ1) is 47.7. The number of ether oxygens (including phenoxy) is 4. The van der Waals surface area contributed by atoms with Crippen LogP contribution in [0.2, 0.25) is 0 Å². The topological polar surface area (TPSA) is 237 Å². The number of hydrogen-bond acceptors (Lipinski definition) is 15. The highest BCUT2D eigenvalue weighted by molar-refractivity contribution is 7.47. The van der Waals surface area contributed by atoms with Crippen molar-refractivity contribution < 1.29 is 80.2 Å². The normalized spacial score (nSPS) is 14.4. The number of aliphatic hydroxyl groups excluding tert-OH is 1. The van der Waals surface area contributed by atoms with Crippen molar-refractivity contribution in [1.82, 2.24) is 0 Å². The van der Waals surface area contributed by atoms with E-state index in [1.165, 1.54) is 83.5 Å². The number of phosphoric acid groups is 2. The van der Waals surface area contributed by atoms with Gasteiger partial charge in [-0.25, -0.2) is 9.13 Å². The van der Waals surface area contributed by atoms with Crippen molar-refractivity contribution in [2.24, 2.45) is 0 Å². The first kappa shape index (κ1) is 94.2. The van der Waals surface area contributed by atoms with Gasteiger partial charge < -0.3 is 33.8 Å². The molecule has 0 aliphatic heterocycles. The second kappa shape index (κ2) is 71.6. The number of unbranched alkanes of at least 4 members (excludes halogenated alkanes) is 33. The lowest BCUT2D eigenvalue weighted by Gasteiger charge is -2.21. The van der Waals surface area contributed by atoms with E-state index in [1.807, 2.05) is 0 Å². The van der Waals surface area contributed by atoms with Crippen molar-refractivity contribution in [1.29, 1.82) is 0 Å². The van der Waals surface area contributed by atoms with E-state index in [0.717, 1.165) is 173 Å². The van der Waals surface area contributed by atoms with Crippen LogP contribution in [0.15, 0.2) is 85.1 Å². The summed E-state index contributed by atoms with van der Waals surface area (Å²) in [6.07, 6.45) is 72.8. The standard InChI is InChI=1S/C79H140O17P2/c1-5-9-13-17-21-25-29-32-34-35-36-37-39-42-45-48-52-56-60-64-77(82)90-70-75(96-79(84)66-62-58-54-50-46-40-31-27-23-19-15-11-7-3)72-94-98(87,88)92-68-73(80)67-91-97(85,86)93-71-74(95-78(83)65-61-57-53-49-43-28-24-20-16-12-8-4)69-89-76(81)63-59-55-51-47-44-41-38-33-30-26-22-18-14-10-6-2/h10,14,21-22,25-27,31-34,36-38,73-75,80H,5-9,11-13,15-20,23-24,28-30,35,39-72H2,1-4H3,(H,85,86)(H,87,88)/b14-10-,25-21-,26-22-,31-27-,34-32-,37-36-,38-33-. The third-order valence-electron chi connectivity index (χ3n) is 16.3. The Hall–Kier alpha value is -3.76. The second-order valence-electron chi connectivity index (χ2n) is 25.9. The van der Waals surface area contributed by atoms with Crippen LogP contribution < -0.4 is 0 Å². The van der Waals surface area contributed by atoms with Crippen LogP contribution >= 0.6 is 15.6 Å². The van der Waals surface area contributed by atoms with Gasteiger partial charge in [-0.05, 0) is 122 Å². The number of aliphatic hydroxyl groups is 1. The zero-order valence-corrected chi connectivity index (χ0v) is 63.7. The van der Waals surface area contributed by atoms with Crippen LogP contribution in [0.5, 0.6) is 0 Å². The van der Waals surface area contributed by atoms with E-state index in [4.69, 9.17) is 37.0 Å².